The Balaban J connectivity index is 2.34. The highest BCUT2D eigenvalue weighted by atomic mass is 16.5. The summed E-state index contributed by atoms with van der Waals surface area (Å²) in [4.78, 5) is 19.1. The number of methoxy groups -OCH3 is 1. The van der Waals surface area contributed by atoms with Crippen LogP contribution in [-0.2, 0) is 16.0 Å². The zero-order valence-corrected chi connectivity index (χ0v) is 8.47. The summed E-state index contributed by atoms with van der Waals surface area (Å²) in [7, 11) is 1.33. The largest absolute Gasteiger partial charge is 0.469 e. The Morgan fingerprint density at radius 3 is 3.13 bits per heavy atom. The topological polar surface area (TPSA) is 69.4 Å². The van der Waals surface area contributed by atoms with E-state index in [1.54, 1.807) is 16.9 Å². The first-order valence-corrected chi connectivity index (χ1v) is 4.44. The number of rotatable bonds is 2. The van der Waals surface area contributed by atoms with Crippen LogP contribution < -0.4 is 0 Å². The van der Waals surface area contributed by atoms with Gasteiger partial charge in [-0.2, -0.15) is 4.98 Å². The lowest BCUT2D eigenvalue weighted by molar-refractivity contribution is -0.139. The first kappa shape index (κ1) is 9.57. The van der Waals surface area contributed by atoms with Crippen molar-refractivity contribution in [3.05, 3.63) is 23.8 Å². The SMILES string of the molecule is COC(=O)Cc1nc2ncc(C)cn2n1. The smallest absolute Gasteiger partial charge is 0.313 e. The third kappa shape index (κ3) is 1.93. The van der Waals surface area contributed by atoms with Crippen molar-refractivity contribution in [3.8, 4) is 0 Å². The average Bonchev–Trinajstić information content (AvgIpc) is 2.59. The van der Waals surface area contributed by atoms with Gasteiger partial charge >= 0.3 is 5.97 Å². The Bertz CT molecular complexity index is 506. The number of aryl methyl sites for hydroxylation is 1. The van der Waals surface area contributed by atoms with Crippen molar-refractivity contribution in [3.63, 3.8) is 0 Å². The molecule has 0 unspecified atom stereocenters. The summed E-state index contributed by atoms with van der Waals surface area (Å²) in [5.74, 6) is 0.544. The van der Waals surface area contributed by atoms with Crippen molar-refractivity contribution >= 4 is 11.7 Å². The van der Waals surface area contributed by atoms with Crippen LogP contribution in [0, 0.1) is 6.92 Å². The van der Waals surface area contributed by atoms with E-state index < -0.39 is 0 Å². The van der Waals surface area contributed by atoms with Crippen LogP contribution in [0.15, 0.2) is 12.4 Å². The lowest BCUT2D eigenvalue weighted by atomic mass is 10.4. The van der Waals surface area contributed by atoms with Crippen LogP contribution in [0.25, 0.3) is 5.78 Å². The summed E-state index contributed by atoms with van der Waals surface area (Å²) in [5, 5.41) is 4.10. The molecule has 6 heteroatoms. The summed E-state index contributed by atoms with van der Waals surface area (Å²) in [6.45, 7) is 1.91. The molecule has 15 heavy (non-hydrogen) atoms. The summed E-state index contributed by atoms with van der Waals surface area (Å²) in [5.41, 5.74) is 0.983. The quantitative estimate of drug-likeness (QED) is 0.654. The van der Waals surface area contributed by atoms with Gasteiger partial charge in [0, 0.05) is 12.4 Å². The first-order chi connectivity index (χ1) is 7.19. The molecule has 0 aliphatic heterocycles. The molecule has 0 bridgehead atoms. The van der Waals surface area contributed by atoms with Gasteiger partial charge in [-0.3, -0.25) is 4.79 Å². The Morgan fingerprint density at radius 1 is 1.60 bits per heavy atom. The second-order valence-electron chi connectivity index (χ2n) is 3.16. The molecular weight excluding hydrogens is 196 g/mol. The molecule has 0 N–H and O–H groups in total. The predicted molar refractivity (Wildman–Crippen MR) is 51.2 cm³/mol. The van der Waals surface area contributed by atoms with Gasteiger partial charge in [-0.15, -0.1) is 5.10 Å². The minimum Gasteiger partial charge on any atom is -0.469 e. The van der Waals surface area contributed by atoms with Crippen molar-refractivity contribution < 1.29 is 9.53 Å². The van der Waals surface area contributed by atoms with Gasteiger partial charge in [-0.05, 0) is 12.5 Å². The van der Waals surface area contributed by atoms with Crippen molar-refractivity contribution in [2.45, 2.75) is 13.3 Å². The van der Waals surface area contributed by atoms with Gasteiger partial charge in [0.15, 0.2) is 5.82 Å². The lowest BCUT2D eigenvalue weighted by Crippen LogP contribution is -2.05. The van der Waals surface area contributed by atoms with E-state index in [2.05, 4.69) is 19.8 Å². The monoisotopic (exact) mass is 206 g/mol. The van der Waals surface area contributed by atoms with E-state index in [1.807, 2.05) is 6.92 Å². The second kappa shape index (κ2) is 3.64. The molecular formula is C9H10N4O2. The molecule has 0 fully saturated rings. The maximum absolute atomic E-state index is 11.0. The minimum absolute atomic E-state index is 0.0684. The molecule has 2 heterocycles. The molecule has 0 radical (unpaired) electrons. The molecule has 78 valence electrons. The maximum atomic E-state index is 11.0. The molecule has 2 aromatic rings. The van der Waals surface area contributed by atoms with E-state index in [0.717, 1.165) is 5.56 Å². The van der Waals surface area contributed by atoms with Crippen LogP contribution in [0.1, 0.15) is 11.4 Å². The van der Waals surface area contributed by atoms with Crippen LogP contribution in [0.3, 0.4) is 0 Å². The Labute approximate surface area is 85.9 Å². The van der Waals surface area contributed by atoms with Gasteiger partial charge in [0.2, 0.25) is 0 Å². The van der Waals surface area contributed by atoms with Crippen LogP contribution in [0.2, 0.25) is 0 Å². The van der Waals surface area contributed by atoms with Crippen LogP contribution in [0.5, 0.6) is 0 Å². The molecule has 6 nitrogen and oxygen atoms in total. The molecule has 2 aromatic heterocycles. The van der Waals surface area contributed by atoms with E-state index in [0.29, 0.717) is 11.6 Å². The Morgan fingerprint density at radius 2 is 2.40 bits per heavy atom. The molecule has 2 rings (SSSR count). The van der Waals surface area contributed by atoms with E-state index in [4.69, 9.17) is 0 Å². The Kier molecular flexibility index (Phi) is 2.32. The number of esters is 1. The second-order valence-corrected chi connectivity index (χ2v) is 3.16. The molecule has 0 spiro atoms. The normalized spacial score (nSPS) is 10.5. The van der Waals surface area contributed by atoms with Crippen LogP contribution in [-0.4, -0.2) is 32.7 Å². The Hall–Kier alpha value is -1.98. The maximum Gasteiger partial charge on any atom is 0.313 e. The van der Waals surface area contributed by atoms with Gasteiger partial charge in [-0.25, -0.2) is 9.50 Å². The minimum atomic E-state index is -0.359. The number of carbonyl (C=O) groups is 1. The molecule has 0 atom stereocenters. The average molecular weight is 206 g/mol. The van der Waals surface area contributed by atoms with Crippen LogP contribution >= 0.6 is 0 Å². The summed E-state index contributed by atoms with van der Waals surface area (Å²) < 4.78 is 6.07. The van der Waals surface area contributed by atoms with E-state index >= 15 is 0 Å². The van der Waals surface area contributed by atoms with Gasteiger partial charge in [0.05, 0.1) is 7.11 Å². The van der Waals surface area contributed by atoms with Crippen molar-refractivity contribution in [2.75, 3.05) is 7.11 Å². The number of fused-ring (bicyclic) bond motifs is 1. The number of aromatic nitrogens is 4. The first-order valence-electron chi connectivity index (χ1n) is 4.44. The highest BCUT2D eigenvalue weighted by Crippen LogP contribution is 2.01. The summed E-state index contributed by atoms with van der Waals surface area (Å²) >= 11 is 0. The standard InChI is InChI=1S/C9H10N4O2/c1-6-4-10-9-11-7(3-8(14)15-2)12-13(9)5-6/h4-5H,3H2,1-2H3. The molecule has 0 saturated heterocycles. The van der Waals surface area contributed by atoms with E-state index in [1.165, 1.54) is 7.11 Å². The zero-order valence-electron chi connectivity index (χ0n) is 8.47. The summed E-state index contributed by atoms with van der Waals surface area (Å²) in [6, 6.07) is 0. The van der Waals surface area contributed by atoms with Gasteiger partial charge in [0.25, 0.3) is 5.78 Å². The van der Waals surface area contributed by atoms with Gasteiger partial charge in [0.1, 0.15) is 6.42 Å². The number of hydrogen-bond donors (Lipinski definition) is 0. The van der Waals surface area contributed by atoms with Gasteiger partial charge in [-0.1, -0.05) is 0 Å². The fourth-order valence-corrected chi connectivity index (χ4v) is 1.19. The molecule has 0 aromatic carbocycles. The molecule has 0 aliphatic rings. The number of ether oxygens (including phenoxy) is 1. The molecule has 0 aliphatic carbocycles. The highest BCUT2D eigenvalue weighted by Gasteiger charge is 2.09. The molecule has 0 amide bonds. The number of hydrogen-bond acceptors (Lipinski definition) is 5. The van der Waals surface area contributed by atoms with Crippen molar-refractivity contribution in [2.24, 2.45) is 0 Å². The van der Waals surface area contributed by atoms with Crippen molar-refractivity contribution in [1.82, 2.24) is 19.6 Å². The van der Waals surface area contributed by atoms with Crippen molar-refractivity contribution in [1.29, 1.82) is 0 Å². The van der Waals surface area contributed by atoms with Gasteiger partial charge < -0.3 is 4.74 Å². The third-order valence-electron chi connectivity index (χ3n) is 1.90. The van der Waals surface area contributed by atoms with E-state index in [-0.39, 0.29) is 12.4 Å². The van der Waals surface area contributed by atoms with E-state index in [9.17, 15) is 4.79 Å². The number of carbonyl (C=O) groups excluding carboxylic acids is 1. The fraction of sp³-hybridized carbons (Fsp3) is 0.333. The predicted octanol–water partition coefficient (Wildman–Crippen LogP) is 0.148. The molecule has 0 saturated carbocycles. The lowest BCUT2D eigenvalue weighted by Gasteiger charge is -1.92. The highest BCUT2D eigenvalue weighted by molar-refractivity contribution is 5.71. The zero-order chi connectivity index (χ0) is 10.8. The van der Waals surface area contributed by atoms with Crippen LogP contribution in [0.4, 0.5) is 0 Å². The number of nitrogens with zero attached hydrogens (tertiary/aromatic N) is 4. The summed E-state index contributed by atoms with van der Waals surface area (Å²) in [6.07, 6.45) is 3.57. The fourth-order valence-electron chi connectivity index (χ4n) is 1.19. The third-order valence-corrected chi connectivity index (χ3v) is 1.90.